The SMILES string of the molecule is CN=C(NCCCOCC(C)C)NCCCN(C)CCOC. The van der Waals surface area contributed by atoms with Gasteiger partial charge in [-0.2, -0.15) is 0 Å². The summed E-state index contributed by atoms with van der Waals surface area (Å²) in [6.45, 7) is 10.6. The Balaban J connectivity index is 3.51. The highest BCUT2D eigenvalue weighted by molar-refractivity contribution is 5.79. The quantitative estimate of drug-likeness (QED) is 0.304. The number of ether oxygens (including phenoxy) is 2. The van der Waals surface area contributed by atoms with Crippen molar-refractivity contribution in [2.45, 2.75) is 26.7 Å². The van der Waals surface area contributed by atoms with Crippen LogP contribution in [0.3, 0.4) is 0 Å². The molecule has 0 rings (SSSR count). The van der Waals surface area contributed by atoms with E-state index in [9.17, 15) is 0 Å². The van der Waals surface area contributed by atoms with E-state index in [0.29, 0.717) is 5.92 Å². The normalized spacial score (nSPS) is 12.2. The molecular formula is C16H36N4O2. The monoisotopic (exact) mass is 316 g/mol. The Hall–Kier alpha value is -0.850. The Labute approximate surface area is 136 Å². The average Bonchev–Trinajstić information content (AvgIpc) is 2.50. The van der Waals surface area contributed by atoms with Crippen LogP contribution >= 0.6 is 0 Å². The van der Waals surface area contributed by atoms with Crippen molar-refractivity contribution in [3.63, 3.8) is 0 Å². The second-order valence-corrected chi connectivity index (χ2v) is 5.90. The Kier molecular flexibility index (Phi) is 14.5. The lowest BCUT2D eigenvalue weighted by molar-refractivity contribution is 0.108. The number of aliphatic imine (C=N–C) groups is 1. The van der Waals surface area contributed by atoms with Crippen molar-refractivity contribution in [1.82, 2.24) is 15.5 Å². The maximum Gasteiger partial charge on any atom is 0.190 e. The molecule has 0 atom stereocenters. The molecule has 0 aromatic carbocycles. The molecule has 22 heavy (non-hydrogen) atoms. The molecule has 6 heteroatoms. The predicted molar refractivity (Wildman–Crippen MR) is 93.6 cm³/mol. The lowest BCUT2D eigenvalue weighted by Gasteiger charge is -2.17. The first-order valence-electron chi connectivity index (χ1n) is 8.29. The number of nitrogens with one attached hydrogen (secondary N) is 2. The minimum absolute atomic E-state index is 0.601. The molecule has 0 aromatic heterocycles. The Bertz CT molecular complexity index is 273. The van der Waals surface area contributed by atoms with Crippen molar-refractivity contribution in [2.24, 2.45) is 10.9 Å². The van der Waals surface area contributed by atoms with E-state index in [1.807, 2.05) is 0 Å². The number of rotatable bonds is 13. The molecule has 0 radical (unpaired) electrons. The second-order valence-electron chi connectivity index (χ2n) is 5.90. The third kappa shape index (κ3) is 14.1. The third-order valence-corrected chi connectivity index (χ3v) is 3.12. The fourth-order valence-electron chi connectivity index (χ4n) is 1.84. The molecule has 0 unspecified atom stereocenters. The van der Waals surface area contributed by atoms with E-state index in [2.05, 4.69) is 41.4 Å². The average molecular weight is 316 g/mol. The Morgan fingerprint density at radius 1 is 1.09 bits per heavy atom. The van der Waals surface area contributed by atoms with Gasteiger partial charge < -0.3 is 25.0 Å². The minimum Gasteiger partial charge on any atom is -0.383 e. The molecule has 0 bridgehead atoms. The number of hydrogen-bond acceptors (Lipinski definition) is 4. The van der Waals surface area contributed by atoms with Gasteiger partial charge in [0.15, 0.2) is 5.96 Å². The summed E-state index contributed by atoms with van der Waals surface area (Å²) in [5.74, 6) is 1.47. The van der Waals surface area contributed by atoms with Crippen LogP contribution in [0.15, 0.2) is 4.99 Å². The summed E-state index contributed by atoms with van der Waals surface area (Å²) in [6.07, 6.45) is 2.07. The molecule has 0 saturated carbocycles. The van der Waals surface area contributed by atoms with Gasteiger partial charge in [0.2, 0.25) is 0 Å². The van der Waals surface area contributed by atoms with Gasteiger partial charge in [-0.05, 0) is 32.4 Å². The first kappa shape index (κ1) is 21.1. The molecule has 6 nitrogen and oxygen atoms in total. The molecule has 0 amide bonds. The molecule has 0 heterocycles. The smallest absolute Gasteiger partial charge is 0.190 e. The molecule has 2 N–H and O–H groups in total. The second kappa shape index (κ2) is 15.1. The van der Waals surface area contributed by atoms with Crippen molar-refractivity contribution < 1.29 is 9.47 Å². The van der Waals surface area contributed by atoms with Gasteiger partial charge in [-0.25, -0.2) is 0 Å². The van der Waals surface area contributed by atoms with Gasteiger partial charge in [-0.3, -0.25) is 4.99 Å². The summed E-state index contributed by atoms with van der Waals surface area (Å²) < 4.78 is 10.6. The fraction of sp³-hybridized carbons (Fsp3) is 0.938. The van der Waals surface area contributed by atoms with Crippen LogP contribution in [-0.4, -0.2) is 78.1 Å². The van der Waals surface area contributed by atoms with Gasteiger partial charge in [0.05, 0.1) is 6.61 Å². The lowest BCUT2D eigenvalue weighted by atomic mass is 10.2. The van der Waals surface area contributed by atoms with Gasteiger partial charge >= 0.3 is 0 Å². The van der Waals surface area contributed by atoms with E-state index in [0.717, 1.165) is 64.8 Å². The van der Waals surface area contributed by atoms with E-state index in [1.165, 1.54) is 0 Å². The van der Waals surface area contributed by atoms with Gasteiger partial charge in [0.25, 0.3) is 0 Å². The van der Waals surface area contributed by atoms with Crippen LogP contribution in [0.5, 0.6) is 0 Å². The standard InChI is InChI=1S/C16H36N4O2/c1-15(2)14-22-12-7-9-19-16(17-3)18-8-6-10-20(4)11-13-21-5/h15H,6-14H2,1-5H3,(H2,17,18,19). The minimum atomic E-state index is 0.601. The summed E-state index contributed by atoms with van der Waals surface area (Å²) in [7, 11) is 5.65. The molecular weight excluding hydrogens is 280 g/mol. The van der Waals surface area contributed by atoms with Crippen molar-refractivity contribution in [3.05, 3.63) is 0 Å². The summed E-state index contributed by atoms with van der Waals surface area (Å²) in [5, 5.41) is 6.64. The lowest BCUT2D eigenvalue weighted by Crippen LogP contribution is -2.39. The number of methoxy groups -OCH3 is 1. The van der Waals surface area contributed by atoms with Crippen LogP contribution in [0, 0.1) is 5.92 Å². The molecule has 0 spiro atoms. The van der Waals surface area contributed by atoms with Gasteiger partial charge in [0, 0.05) is 47.0 Å². The first-order chi connectivity index (χ1) is 10.6. The van der Waals surface area contributed by atoms with E-state index in [-0.39, 0.29) is 0 Å². The van der Waals surface area contributed by atoms with Crippen LogP contribution in [-0.2, 0) is 9.47 Å². The van der Waals surface area contributed by atoms with Crippen LogP contribution in [0.1, 0.15) is 26.7 Å². The Morgan fingerprint density at radius 2 is 1.77 bits per heavy atom. The molecule has 0 saturated heterocycles. The van der Waals surface area contributed by atoms with Gasteiger partial charge in [-0.15, -0.1) is 0 Å². The fourth-order valence-corrected chi connectivity index (χ4v) is 1.84. The van der Waals surface area contributed by atoms with Crippen LogP contribution in [0.2, 0.25) is 0 Å². The number of nitrogens with zero attached hydrogens (tertiary/aromatic N) is 2. The van der Waals surface area contributed by atoms with E-state index in [4.69, 9.17) is 9.47 Å². The summed E-state index contributed by atoms with van der Waals surface area (Å²) in [6, 6.07) is 0. The summed E-state index contributed by atoms with van der Waals surface area (Å²) in [5.41, 5.74) is 0. The van der Waals surface area contributed by atoms with E-state index >= 15 is 0 Å². The van der Waals surface area contributed by atoms with Crippen molar-refractivity contribution >= 4 is 5.96 Å². The molecule has 0 fully saturated rings. The van der Waals surface area contributed by atoms with Crippen molar-refractivity contribution in [3.8, 4) is 0 Å². The summed E-state index contributed by atoms with van der Waals surface area (Å²) in [4.78, 5) is 6.49. The van der Waals surface area contributed by atoms with Crippen LogP contribution in [0.25, 0.3) is 0 Å². The molecule has 0 aliphatic heterocycles. The highest BCUT2D eigenvalue weighted by Gasteiger charge is 2.00. The predicted octanol–water partition coefficient (Wildman–Crippen LogP) is 1.18. The van der Waals surface area contributed by atoms with Crippen molar-refractivity contribution in [2.75, 3.05) is 67.2 Å². The van der Waals surface area contributed by atoms with Crippen LogP contribution in [0.4, 0.5) is 0 Å². The number of guanidine groups is 1. The zero-order valence-corrected chi connectivity index (χ0v) is 15.2. The first-order valence-corrected chi connectivity index (χ1v) is 8.29. The maximum absolute atomic E-state index is 5.55. The molecule has 0 aliphatic rings. The zero-order valence-electron chi connectivity index (χ0n) is 15.2. The molecule has 0 aromatic rings. The molecule has 132 valence electrons. The highest BCUT2D eigenvalue weighted by atomic mass is 16.5. The molecule has 0 aliphatic carbocycles. The van der Waals surface area contributed by atoms with Gasteiger partial charge in [0.1, 0.15) is 0 Å². The van der Waals surface area contributed by atoms with E-state index in [1.54, 1.807) is 14.2 Å². The topological polar surface area (TPSA) is 58.1 Å². The van der Waals surface area contributed by atoms with E-state index < -0.39 is 0 Å². The Morgan fingerprint density at radius 3 is 2.36 bits per heavy atom. The van der Waals surface area contributed by atoms with Crippen molar-refractivity contribution in [1.29, 1.82) is 0 Å². The summed E-state index contributed by atoms with van der Waals surface area (Å²) >= 11 is 0. The van der Waals surface area contributed by atoms with Gasteiger partial charge in [-0.1, -0.05) is 13.8 Å². The largest absolute Gasteiger partial charge is 0.383 e. The maximum atomic E-state index is 5.55. The number of hydrogen-bond donors (Lipinski definition) is 2. The highest BCUT2D eigenvalue weighted by Crippen LogP contribution is 1.92. The zero-order chi connectivity index (χ0) is 16.6. The van der Waals surface area contributed by atoms with Crippen LogP contribution < -0.4 is 10.6 Å². The third-order valence-electron chi connectivity index (χ3n) is 3.12. The number of likely N-dealkylation sites (N-methyl/N-ethyl adjacent to an activating group) is 1.